The minimum absolute atomic E-state index is 0.0378. The Labute approximate surface area is 186 Å². The first-order chi connectivity index (χ1) is 15.5. The number of amides is 1. The number of nitrogens with zero attached hydrogens (tertiary/aromatic N) is 2. The van der Waals surface area contributed by atoms with E-state index in [2.05, 4.69) is 0 Å². The van der Waals surface area contributed by atoms with E-state index >= 15 is 0 Å². The molecule has 33 heavy (non-hydrogen) atoms. The fraction of sp³-hybridized carbons (Fsp3) is 0.381. The van der Waals surface area contributed by atoms with Crippen LogP contribution in [0.25, 0.3) is 0 Å². The summed E-state index contributed by atoms with van der Waals surface area (Å²) in [4.78, 5) is 13.7. The Bertz CT molecular complexity index is 1190. The van der Waals surface area contributed by atoms with Crippen LogP contribution >= 0.6 is 0 Å². The summed E-state index contributed by atoms with van der Waals surface area (Å²) >= 11 is 0. The first-order valence-electron chi connectivity index (χ1n) is 10.1. The molecule has 2 aliphatic heterocycles. The molecular weight excluding hydrogens is 469 g/mol. The van der Waals surface area contributed by atoms with Crippen LogP contribution in [0.1, 0.15) is 18.4 Å². The molecule has 3 atom stereocenters. The molecule has 2 bridgehead atoms. The van der Waals surface area contributed by atoms with Gasteiger partial charge in [0, 0.05) is 49.8 Å². The molecule has 0 spiro atoms. The van der Waals surface area contributed by atoms with Crippen LogP contribution in [0.3, 0.4) is 0 Å². The number of carbonyl (C=O) groups is 1. The highest BCUT2D eigenvalue weighted by Gasteiger charge is 2.50. The Balaban J connectivity index is 1.39. The summed E-state index contributed by atoms with van der Waals surface area (Å²) in [5.74, 6) is -5.92. The molecule has 0 aliphatic carbocycles. The number of hydrogen-bond donors (Lipinski definition) is 1. The van der Waals surface area contributed by atoms with E-state index in [1.807, 2.05) is 0 Å². The van der Waals surface area contributed by atoms with Crippen molar-refractivity contribution in [2.24, 2.45) is 5.73 Å². The molecule has 0 radical (unpaired) electrons. The van der Waals surface area contributed by atoms with Crippen molar-refractivity contribution in [1.82, 2.24) is 9.21 Å². The number of sulfonamides is 1. The fourth-order valence-electron chi connectivity index (χ4n) is 4.46. The largest absolute Gasteiger partial charge is 0.337 e. The smallest absolute Gasteiger partial charge is 0.243 e. The van der Waals surface area contributed by atoms with Crippen molar-refractivity contribution in [2.75, 3.05) is 13.1 Å². The molecule has 0 saturated carbocycles. The van der Waals surface area contributed by atoms with Gasteiger partial charge in [-0.2, -0.15) is 4.31 Å². The van der Waals surface area contributed by atoms with Crippen LogP contribution in [0.4, 0.5) is 22.0 Å². The highest BCUT2D eigenvalue weighted by molar-refractivity contribution is 7.89. The Morgan fingerprint density at radius 3 is 2.18 bits per heavy atom. The van der Waals surface area contributed by atoms with E-state index in [9.17, 15) is 35.2 Å². The maximum absolute atomic E-state index is 13.8. The standard InChI is InChI=1S/C21H20F5N3O3S/c22-12-3-13(23)5-17(4-12)33(31,32)29-10-15-7-16(29)9-28(15)21(30)6-14(27)1-11-2-19(25)20(26)8-18(11)24/h2-5,8,14-16H,1,6-7,9-10,27H2/t14-,15-,16+/m1/s1. The summed E-state index contributed by atoms with van der Waals surface area (Å²) in [6.07, 6.45) is -0.0400. The summed E-state index contributed by atoms with van der Waals surface area (Å²) < 4.78 is 94.1. The van der Waals surface area contributed by atoms with Crippen molar-refractivity contribution >= 4 is 15.9 Å². The van der Waals surface area contributed by atoms with Crippen LogP contribution < -0.4 is 5.73 Å². The van der Waals surface area contributed by atoms with Gasteiger partial charge in [0.1, 0.15) is 17.5 Å². The Morgan fingerprint density at radius 1 is 0.939 bits per heavy atom. The van der Waals surface area contributed by atoms with Crippen molar-refractivity contribution in [1.29, 1.82) is 0 Å². The van der Waals surface area contributed by atoms with Crippen molar-refractivity contribution in [2.45, 2.75) is 42.3 Å². The van der Waals surface area contributed by atoms with Crippen molar-refractivity contribution in [3.8, 4) is 0 Å². The van der Waals surface area contributed by atoms with Gasteiger partial charge in [-0.3, -0.25) is 4.79 Å². The Hall–Kier alpha value is -2.57. The van der Waals surface area contributed by atoms with E-state index in [4.69, 9.17) is 5.73 Å². The summed E-state index contributed by atoms with van der Waals surface area (Å²) in [6.45, 7) is 0.0384. The molecule has 2 aliphatic rings. The van der Waals surface area contributed by atoms with E-state index in [-0.39, 0.29) is 37.4 Å². The van der Waals surface area contributed by atoms with Gasteiger partial charge in [-0.05, 0) is 36.6 Å². The van der Waals surface area contributed by atoms with Gasteiger partial charge in [0.25, 0.3) is 0 Å². The lowest BCUT2D eigenvalue weighted by Gasteiger charge is -2.34. The molecule has 2 heterocycles. The second-order valence-corrected chi connectivity index (χ2v) is 10.2. The van der Waals surface area contributed by atoms with Gasteiger partial charge >= 0.3 is 0 Å². The van der Waals surface area contributed by atoms with Gasteiger partial charge in [-0.25, -0.2) is 30.4 Å². The van der Waals surface area contributed by atoms with Gasteiger partial charge < -0.3 is 10.6 Å². The summed E-state index contributed by atoms with van der Waals surface area (Å²) in [7, 11) is -4.16. The number of nitrogens with two attached hydrogens (primary N) is 1. The lowest BCUT2D eigenvalue weighted by atomic mass is 10.0. The maximum atomic E-state index is 13.8. The van der Waals surface area contributed by atoms with Crippen molar-refractivity contribution in [3.05, 3.63) is 65.0 Å². The molecule has 2 aromatic carbocycles. The van der Waals surface area contributed by atoms with Crippen LogP contribution in [-0.2, 0) is 21.2 Å². The number of halogens is 5. The molecular formula is C21H20F5N3O3S. The zero-order chi connectivity index (χ0) is 24.1. The number of piperazine rings is 1. The lowest BCUT2D eigenvalue weighted by molar-refractivity contribution is -0.133. The van der Waals surface area contributed by atoms with Crippen LogP contribution in [0.15, 0.2) is 35.2 Å². The number of hydrogen-bond acceptors (Lipinski definition) is 4. The molecule has 12 heteroatoms. The zero-order valence-electron chi connectivity index (χ0n) is 17.1. The fourth-order valence-corrected chi connectivity index (χ4v) is 6.17. The van der Waals surface area contributed by atoms with Crippen molar-refractivity contribution in [3.63, 3.8) is 0 Å². The molecule has 178 valence electrons. The molecule has 2 aromatic rings. The summed E-state index contributed by atoms with van der Waals surface area (Å²) in [5, 5.41) is 0. The molecule has 6 nitrogen and oxygen atoms in total. The number of fused-ring (bicyclic) bond motifs is 2. The summed E-state index contributed by atoms with van der Waals surface area (Å²) in [6, 6.07) is 1.30. The van der Waals surface area contributed by atoms with Gasteiger partial charge in [-0.1, -0.05) is 0 Å². The number of benzene rings is 2. The van der Waals surface area contributed by atoms with Gasteiger partial charge in [0.15, 0.2) is 11.6 Å². The average molecular weight is 489 g/mol. The highest BCUT2D eigenvalue weighted by atomic mass is 32.2. The third-order valence-electron chi connectivity index (χ3n) is 5.96. The predicted octanol–water partition coefficient (Wildman–Crippen LogP) is 2.32. The van der Waals surface area contributed by atoms with Gasteiger partial charge in [0.2, 0.25) is 15.9 Å². The second kappa shape index (κ2) is 8.65. The van der Waals surface area contributed by atoms with E-state index in [0.29, 0.717) is 24.6 Å². The molecule has 0 unspecified atom stereocenters. The van der Waals surface area contributed by atoms with Crippen LogP contribution in [0.5, 0.6) is 0 Å². The van der Waals surface area contributed by atoms with Gasteiger partial charge in [0.05, 0.1) is 4.90 Å². The van der Waals surface area contributed by atoms with Crippen LogP contribution in [-0.4, -0.2) is 54.7 Å². The number of rotatable bonds is 6. The first kappa shape index (κ1) is 23.6. The summed E-state index contributed by atoms with van der Waals surface area (Å²) in [5.41, 5.74) is 5.77. The third-order valence-corrected chi connectivity index (χ3v) is 7.86. The molecule has 2 fully saturated rings. The first-order valence-corrected chi connectivity index (χ1v) is 11.6. The molecule has 0 aromatic heterocycles. The molecule has 2 saturated heterocycles. The maximum Gasteiger partial charge on any atom is 0.243 e. The van der Waals surface area contributed by atoms with E-state index < -0.39 is 62.1 Å². The zero-order valence-corrected chi connectivity index (χ0v) is 18.0. The molecule has 2 N–H and O–H groups in total. The molecule has 4 rings (SSSR count). The van der Waals surface area contributed by atoms with Gasteiger partial charge in [-0.15, -0.1) is 0 Å². The Morgan fingerprint density at radius 2 is 1.58 bits per heavy atom. The lowest BCUT2D eigenvalue weighted by Crippen LogP contribution is -2.51. The van der Waals surface area contributed by atoms with E-state index in [0.717, 1.165) is 16.4 Å². The van der Waals surface area contributed by atoms with Crippen molar-refractivity contribution < 1.29 is 35.2 Å². The third kappa shape index (κ3) is 4.59. The normalized spacial score (nSPS) is 21.6. The SMILES string of the molecule is N[C@@H](CC(=O)N1C[C@@H]2C[C@@H]1CN2S(=O)(=O)c1cc(F)cc(F)c1)Cc1cc(F)c(F)cc1F. The monoisotopic (exact) mass is 489 g/mol. The van der Waals surface area contributed by atoms with Crippen LogP contribution in [0.2, 0.25) is 0 Å². The van der Waals surface area contributed by atoms with Crippen LogP contribution in [0, 0.1) is 29.1 Å². The number of likely N-dealkylation sites (tertiary alicyclic amines) is 1. The second-order valence-electron chi connectivity index (χ2n) is 8.30. The topological polar surface area (TPSA) is 83.7 Å². The highest BCUT2D eigenvalue weighted by Crippen LogP contribution is 2.35. The number of carbonyl (C=O) groups excluding carboxylic acids is 1. The average Bonchev–Trinajstić information content (AvgIpc) is 3.32. The van der Waals surface area contributed by atoms with E-state index in [1.54, 1.807) is 0 Å². The quantitative estimate of drug-likeness (QED) is 0.499. The minimum Gasteiger partial charge on any atom is -0.337 e. The molecule has 1 amide bonds. The minimum atomic E-state index is -4.16. The van der Waals surface area contributed by atoms with E-state index in [1.165, 1.54) is 4.90 Å². The Kier molecular flexibility index (Phi) is 6.18. The predicted molar refractivity (Wildman–Crippen MR) is 107 cm³/mol.